The number of nitrogens with one attached hydrogen (secondary N) is 1. The van der Waals surface area contributed by atoms with Crippen LogP contribution in [0.1, 0.15) is 34.6 Å². The summed E-state index contributed by atoms with van der Waals surface area (Å²) in [5.41, 5.74) is 0.594. The molecule has 102 valence electrons. The van der Waals surface area contributed by atoms with Crippen LogP contribution >= 0.6 is 0 Å². The number of hydrogen-bond donors (Lipinski definition) is 1. The maximum absolute atomic E-state index is 12.1. The molecule has 0 aromatic carbocycles. The summed E-state index contributed by atoms with van der Waals surface area (Å²) < 4.78 is 5.22. The van der Waals surface area contributed by atoms with Crippen LogP contribution in [0.25, 0.3) is 0 Å². The average molecular weight is 251 g/mol. The van der Waals surface area contributed by atoms with Crippen molar-refractivity contribution in [3.05, 3.63) is 36.3 Å². The SMILES string of the molecule is C=C/C=C(OC)\C(=C/C)NC(=O)C(C)C(C)(C)C. The summed E-state index contributed by atoms with van der Waals surface area (Å²) >= 11 is 0. The normalized spacial score (nSPS) is 15.0. The minimum absolute atomic E-state index is 0.0115. The molecule has 0 rings (SSSR count). The maximum Gasteiger partial charge on any atom is 0.227 e. The Morgan fingerprint density at radius 2 is 1.94 bits per heavy atom. The van der Waals surface area contributed by atoms with Gasteiger partial charge in [0.05, 0.1) is 12.8 Å². The van der Waals surface area contributed by atoms with E-state index >= 15 is 0 Å². The van der Waals surface area contributed by atoms with E-state index in [0.717, 1.165) is 0 Å². The molecule has 0 aromatic heterocycles. The fraction of sp³-hybridized carbons (Fsp3) is 0.533. The highest BCUT2D eigenvalue weighted by atomic mass is 16.5. The third-order valence-electron chi connectivity index (χ3n) is 2.99. The lowest BCUT2D eigenvalue weighted by molar-refractivity contribution is -0.126. The summed E-state index contributed by atoms with van der Waals surface area (Å²) in [6, 6.07) is 0. The molecule has 18 heavy (non-hydrogen) atoms. The molecule has 3 nitrogen and oxygen atoms in total. The van der Waals surface area contributed by atoms with E-state index < -0.39 is 0 Å². The zero-order chi connectivity index (χ0) is 14.3. The van der Waals surface area contributed by atoms with Crippen LogP contribution in [0, 0.1) is 11.3 Å². The molecule has 1 amide bonds. The Morgan fingerprint density at radius 3 is 2.28 bits per heavy atom. The Kier molecular flexibility index (Phi) is 6.45. The predicted octanol–water partition coefficient (Wildman–Crippen LogP) is 3.40. The minimum Gasteiger partial charge on any atom is -0.495 e. The Bertz CT molecular complexity index is 359. The first kappa shape index (κ1) is 16.5. The molecule has 0 aliphatic rings. The Balaban J connectivity index is 4.92. The lowest BCUT2D eigenvalue weighted by Crippen LogP contribution is -2.36. The van der Waals surface area contributed by atoms with E-state index in [0.29, 0.717) is 11.5 Å². The summed E-state index contributed by atoms with van der Waals surface area (Å²) in [4.78, 5) is 12.1. The van der Waals surface area contributed by atoms with Crippen molar-refractivity contribution in [1.82, 2.24) is 5.32 Å². The summed E-state index contributed by atoms with van der Waals surface area (Å²) in [5, 5.41) is 2.89. The topological polar surface area (TPSA) is 38.3 Å². The van der Waals surface area contributed by atoms with E-state index in [1.807, 2.05) is 40.7 Å². The van der Waals surface area contributed by atoms with Gasteiger partial charge in [-0.1, -0.05) is 46.4 Å². The van der Waals surface area contributed by atoms with Gasteiger partial charge in [0.1, 0.15) is 5.76 Å². The lowest BCUT2D eigenvalue weighted by atomic mass is 9.81. The number of allylic oxidation sites excluding steroid dienone is 3. The van der Waals surface area contributed by atoms with Crippen LogP contribution in [0.2, 0.25) is 0 Å². The van der Waals surface area contributed by atoms with Gasteiger partial charge in [-0.25, -0.2) is 0 Å². The standard InChI is InChI=1S/C15H25NO2/c1-8-10-13(18-7)12(9-2)16-14(17)11(3)15(4,5)6/h8-11H,1H2,2-7H3,(H,16,17)/b12-9+,13-10+. The van der Waals surface area contributed by atoms with Gasteiger partial charge in [-0.2, -0.15) is 0 Å². The van der Waals surface area contributed by atoms with Crippen molar-refractivity contribution in [2.24, 2.45) is 11.3 Å². The smallest absolute Gasteiger partial charge is 0.227 e. The number of amides is 1. The first-order chi connectivity index (χ1) is 8.27. The van der Waals surface area contributed by atoms with E-state index in [-0.39, 0.29) is 17.2 Å². The van der Waals surface area contributed by atoms with Gasteiger partial charge in [0, 0.05) is 5.92 Å². The molecular formula is C15H25NO2. The van der Waals surface area contributed by atoms with Crippen LogP contribution in [0.4, 0.5) is 0 Å². The summed E-state index contributed by atoms with van der Waals surface area (Å²) in [6.45, 7) is 13.5. The van der Waals surface area contributed by atoms with Gasteiger partial charge in [0.25, 0.3) is 0 Å². The van der Waals surface area contributed by atoms with Gasteiger partial charge in [-0.15, -0.1) is 0 Å². The van der Waals surface area contributed by atoms with Crippen LogP contribution in [0.5, 0.6) is 0 Å². The molecule has 0 aromatic rings. The molecule has 0 spiro atoms. The number of methoxy groups -OCH3 is 1. The van der Waals surface area contributed by atoms with Crippen molar-refractivity contribution in [2.45, 2.75) is 34.6 Å². The molecule has 0 saturated carbocycles. The van der Waals surface area contributed by atoms with Crippen LogP contribution in [-0.2, 0) is 9.53 Å². The molecular weight excluding hydrogens is 226 g/mol. The molecule has 1 unspecified atom stereocenters. The van der Waals surface area contributed by atoms with Crippen molar-refractivity contribution >= 4 is 5.91 Å². The number of rotatable bonds is 5. The minimum atomic E-state index is -0.0886. The first-order valence-corrected chi connectivity index (χ1v) is 6.12. The van der Waals surface area contributed by atoms with Crippen molar-refractivity contribution in [2.75, 3.05) is 7.11 Å². The van der Waals surface area contributed by atoms with Gasteiger partial charge in [0.15, 0.2) is 0 Å². The highest BCUT2D eigenvalue weighted by Gasteiger charge is 2.27. The molecule has 3 heteroatoms. The van der Waals surface area contributed by atoms with Crippen molar-refractivity contribution in [1.29, 1.82) is 0 Å². The first-order valence-electron chi connectivity index (χ1n) is 6.12. The molecule has 1 N–H and O–H groups in total. The van der Waals surface area contributed by atoms with Crippen molar-refractivity contribution in [3.63, 3.8) is 0 Å². The van der Waals surface area contributed by atoms with Crippen molar-refractivity contribution < 1.29 is 9.53 Å². The Morgan fingerprint density at radius 1 is 1.39 bits per heavy atom. The van der Waals surface area contributed by atoms with Gasteiger partial charge in [0.2, 0.25) is 5.91 Å². The van der Waals surface area contributed by atoms with E-state index in [9.17, 15) is 4.79 Å². The predicted molar refractivity (Wildman–Crippen MR) is 75.8 cm³/mol. The van der Waals surface area contributed by atoms with E-state index in [2.05, 4.69) is 11.9 Å². The lowest BCUT2D eigenvalue weighted by Gasteiger charge is -2.26. The maximum atomic E-state index is 12.1. The second-order valence-electron chi connectivity index (χ2n) is 5.25. The molecule has 0 radical (unpaired) electrons. The van der Waals surface area contributed by atoms with E-state index in [4.69, 9.17) is 4.74 Å². The Labute approximate surface area is 111 Å². The molecule has 0 heterocycles. The van der Waals surface area contributed by atoms with Gasteiger partial charge < -0.3 is 10.1 Å². The van der Waals surface area contributed by atoms with Gasteiger partial charge in [-0.05, 0) is 18.4 Å². The quantitative estimate of drug-likeness (QED) is 0.600. The highest BCUT2D eigenvalue weighted by Crippen LogP contribution is 2.25. The van der Waals surface area contributed by atoms with Crippen LogP contribution in [0.15, 0.2) is 36.3 Å². The van der Waals surface area contributed by atoms with Crippen LogP contribution in [0.3, 0.4) is 0 Å². The van der Waals surface area contributed by atoms with E-state index in [1.165, 1.54) is 0 Å². The van der Waals surface area contributed by atoms with Crippen molar-refractivity contribution in [3.8, 4) is 0 Å². The average Bonchev–Trinajstić information content (AvgIpc) is 2.30. The summed E-state index contributed by atoms with van der Waals surface area (Å²) in [6.07, 6.45) is 5.16. The second kappa shape index (κ2) is 7.04. The van der Waals surface area contributed by atoms with Gasteiger partial charge in [-0.3, -0.25) is 4.79 Å². The number of carbonyl (C=O) groups excluding carboxylic acids is 1. The van der Waals surface area contributed by atoms with Gasteiger partial charge >= 0.3 is 0 Å². The third kappa shape index (κ3) is 4.78. The zero-order valence-electron chi connectivity index (χ0n) is 12.3. The molecule has 0 aliphatic carbocycles. The highest BCUT2D eigenvalue weighted by molar-refractivity contribution is 5.81. The second-order valence-corrected chi connectivity index (χ2v) is 5.25. The zero-order valence-corrected chi connectivity index (χ0v) is 12.3. The fourth-order valence-corrected chi connectivity index (χ4v) is 1.29. The third-order valence-corrected chi connectivity index (χ3v) is 2.99. The summed E-state index contributed by atoms with van der Waals surface area (Å²) in [5.74, 6) is 0.499. The molecule has 0 saturated heterocycles. The Hall–Kier alpha value is -1.51. The molecule has 0 fully saturated rings. The number of ether oxygens (including phenoxy) is 1. The van der Waals surface area contributed by atoms with Crippen LogP contribution < -0.4 is 5.32 Å². The summed E-state index contributed by atoms with van der Waals surface area (Å²) in [7, 11) is 1.57. The number of hydrogen-bond acceptors (Lipinski definition) is 2. The molecule has 0 aliphatic heterocycles. The fourth-order valence-electron chi connectivity index (χ4n) is 1.29. The number of carbonyl (C=O) groups is 1. The van der Waals surface area contributed by atoms with E-state index in [1.54, 1.807) is 19.3 Å². The largest absolute Gasteiger partial charge is 0.495 e. The molecule has 0 bridgehead atoms. The monoisotopic (exact) mass is 251 g/mol. The molecule has 1 atom stereocenters. The van der Waals surface area contributed by atoms with Crippen LogP contribution in [-0.4, -0.2) is 13.0 Å².